The highest BCUT2D eigenvalue weighted by Gasteiger charge is 2.58. The number of morpholine rings is 1. The molecule has 2 N–H and O–H groups in total. The summed E-state index contributed by atoms with van der Waals surface area (Å²) >= 11 is 1.22. The lowest BCUT2D eigenvalue weighted by molar-refractivity contribution is -0.121. The van der Waals surface area contributed by atoms with E-state index in [4.69, 9.17) is 19.9 Å². The van der Waals surface area contributed by atoms with Gasteiger partial charge in [-0.15, -0.1) is 0 Å². The van der Waals surface area contributed by atoms with Crippen LogP contribution in [0, 0.1) is 17.6 Å². The summed E-state index contributed by atoms with van der Waals surface area (Å²) in [5.41, 5.74) is 2.81. The maximum absolute atomic E-state index is 14.8. The van der Waals surface area contributed by atoms with Crippen LogP contribution >= 0.6 is 11.8 Å². The van der Waals surface area contributed by atoms with Crippen LogP contribution in [-0.2, 0) is 24.5 Å². The van der Waals surface area contributed by atoms with Gasteiger partial charge in [0.25, 0.3) is 0 Å². The molecular formula is C27H38F2N4O6S. The number of carbonyl (C=O) groups is 3. The van der Waals surface area contributed by atoms with Crippen molar-refractivity contribution in [3.05, 3.63) is 29.3 Å². The third-order valence-electron chi connectivity index (χ3n) is 6.17. The number of carbonyl (C=O) groups excluding carboxylic acids is 3. The number of amidine groups is 1. The third-order valence-corrected chi connectivity index (χ3v) is 7.48. The summed E-state index contributed by atoms with van der Waals surface area (Å²) in [6.45, 7) is 14.5. The van der Waals surface area contributed by atoms with Crippen LogP contribution in [0.15, 0.2) is 17.1 Å². The first-order chi connectivity index (χ1) is 18.4. The molecule has 1 saturated heterocycles. The summed E-state index contributed by atoms with van der Waals surface area (Å²) in [7, 11) is 0. The third kappa shape index (κ3) is 7.84. The Morgan fingerprint density at radius 3 is 2.15 bits per heavy atom. The summed E-state index contributed by atoms with van der Waals surface area (Å²) in [6, 6.07) is 2.25. The number of anilines is 1. The number of nitrogens with zero attached hydrogens (tertiary/aromatic N) is 3. The number of fused-ring (bicyclic) bond motifs is 1. The highest BCUT2D eigenvalue weighted by molar-refractivity contribution is 8.14. The van der Waals surface area contributed by atoms with E-state index in [1.165, 1.54) is 17.8 Å². The van der Waals surface area contributed by atoms with Crippen molar-refractivity contribution in [1.29, 1.82) is 0 Å². The topological polar surface area (TPSA) is 124 Å². The number of hydrogen-bond donors (Lipinski definition) is 1. The van der Waals surface area contributed by atoms with E-state index in [1.54, 1.807) is 53.4 Å². The van der Waals surface area contributed by atoms with Crippen LogP contribution in [0.2, 0.25) is 0 Å². The van der Waals surface area contributed by atoms with Crippen LogP contribution < -0.4 is 5.73 Å². The minimum Gasteiger partial charge on any atom is -0.443 e. The van der Waals surface area contributed by atoms with Gasteiger partial charge in [0, 0.05) is 35.5 Å². The Bertz CT molecular complexity index is 1130. The molecule has 0 aromatic heterocycles. The molecule has 1 aromatic carbocycles. The van der Waals surface area contributed by atoms with E-state index in [9.17, 15) is 23.2 Å². The number of imide groups is 1. The molecule has 13 heteroatoms. The van der Waals surface area contributed by atoms with E-state index in [2.05, 4.69) is 4.99 Å². The van der Waals surface area contributed by atoms with Crippen molar-refractivity contribution in [2.75, 3.05) is 32.0 Å². The van der Waals surface area contributed by atoms with Crippen LogP contribution in [0.25, 0.3) is 0 Å². The molecule has 0 radical (unpaired) electrons. The van der Waals surface area contributed by atoms with Gasteiger partial charge in [0.05, 0.1) is 18.8 Å². The fraction of sp³-hybridized carbons (Fsp3) is 0.630. The molecule has 0 bridgehead atoms. The lowest BCUT2D eigenvalue weighted by atomic mass is 9.86. The zero-order valence-corrected chi connectivity index (χ0v) is 24.8. The Kier molecular flexibility index (Phi) is 9.40. The van der Waals surface area contributed by atoms with Gasteiger partial charge in [-0.05, 0) is 67.0 Å². The summed E-state index contributed by atoms with van der Waals surface area (Å²) in [4.78, 5) is 43.0. The summed E-state index contributed by atoms with van der Waals surface area (Å²) in [6.07, 6.45) is -0.402. The monoisotopic (exact) mass is 584 g/mol. The number of hydrogen-bond acceptors (Lipinski definition) is 9. The number of ether oxygens (including phenoxy) is 3. The van der Waals surface area contributed by atoms with Crippen molar-refractivity contribution < 1.29 is 37.4 Å². The molecule has 4 rings (SSSR count). The van der Waals surface area contributed by atoms with Gasteiger partial charge in [-0.25, -0.2) is 23.4 Å². The standard InChI is InChI=1S/C22H29F2N3O4S.C5H9NO2/c1-20(2,3)30-18(28)27(19(29)31-21(4,5)6)17-26-22(7,12-10-15(12)32-17)13-8-11(25)9-14(23)16(13)24;7-5-6-1-3-8-4-2-6/h8-9,12,15H,10,25H2,1-7H3;5H,1-4H2. The molecule has 2 fully saturated rings. The molecule has 2 heterocycles. The van der Waals surface area contributed by atoms with Gasteiger partial charge in [-0.3, -0.25) is 4.79 Å². The van der Waals surface area contributed by atoms with Crippen molar-refractivity contribution in [3.63, 3.8) is 0 Å². The highest BCUT2D eigenvalue weighted by atomic mass is 32.2. The Hall–Kier alpha value is -2.93. The SMILES string of the molecule is CC(C)(C)OC(=O)N(C(=O)OC(C)(C)C)C1=NC(C)(c2cc(N)cc(F)c2F)C2CC2S1.O=CN1CCOCC1. The van der Waals surface area contributed by atoms with E-state index >= 15 is 0 Å². The first kappa shape index (κ1) is 31.6. The number of thioether (sulfide) groups is 1. The Balaban J connectivity index is 0.000000472. The molecule has 3 unspecified atom stereocenters. The number of aliphatic imine (C=N–C) groups is 1. The maximum atomic E-state index is 14.8. The molecule has 1 aromatic rings. The van der Waals surface area contributed by atoms with E-state index < -0.39 is 40.6 Å². The highest BCUT2D eigenvalue weighted by Crippen LogP contribution is 2.59. The van der Waals surface area contributed by atoms with Crippen LogP contribution in [0.1, 0.15) is 60.5 Å². The second-order valence-corrected chi connectivity index (χ2v) is 13.2. The van der Waals surface area contributed by atoms with Gasteiger partial charge in [0.2, 0.25) is 6.41 Å². The van der Waals surface area contributed by atoms with Crippen LogP contribution in [-0.4, -0.2) is 76.3 Å². The fourth-order valence-corrected chi connectivity index (χ4v) is 5.71. The predicted molar refractivity (Wildman–Crippen MR) is 148 cm³/mol. The zero-order chi connectivity index (χ0) is 30.0. The number of halogens is 2. The minimum atomic E-state index is -1.23. The summed E-state index contributed by atoms with van der Waals surface area (Å²) in [5, 5.41) is -0.0271. The Morgan fingerprint density at radius 2 is 1.68 bits per heavy atom. The molecule has 3 amide bonds. The van der Waals surface area contributed by atoms with Gasteiger partial charge in [0.15, 0.2) is 16.8 Å². The molecule has 3 aliphatic rings. The normalized spacial score (nSPS) is 24.0. The van der Waals surface area contributed by atoms with Crippen LogP contribution in [0.5, 0.6) is 0 Å². The van der Waals surface area contributed by atoms with Crippen molar-refractivity contribution in [1.82, 2.24) is 9.80 Å². The van der Waals surface area contributed by atoms with Gasteiger partial charge in [-0.1, -0.05) is 11.8 Å². The largest absolute Gasteiger partial charge is 0.443 e. The molecule has 40 heavy (non-hydrogen) atoms. The Labute approximate surface area is 237 Å². The van der Waals surface area contributed by atoms with E-state index in [1.807, 2.05) is 0 Å². The molecule has 3 atom stereocenters. The zero-order valence-electron chi connectivity index (χ0n) is 24.0. The summed E-state index contributed by atoms with van der Waals surface area (Å²) < 4.78 is 44.7. The van der Waals surface area contributed by atoms with Crippen LogP contribution in [0.4, 0.5) is 24.1 Å². The lowest BCUT2D eigenvalue weighted by Crippen LogP contribution is -2.48. The second-order valence-electron chi connectivity index (χ2n) is 12.0. The average molecular weight is 585 g/mol. The van der Waals surface area contributed by atoms with Gasteiger partial charge < -0.3 is 24.8 Å². The van der Waals surface area contributed by atoms with Gasteiger partial charge in [0.1, 0.15) is 11.2 Å². The molecule has 2 aliphatic heterocycles. The molecule has 0 spiro atoms. The first-order valence-corrected chi connectivity index (χ1v) is 13.9. The Morgan fingerprint density at radius 1 is 1.12 bits per heavy atom. The molecule has 1 aliphatic carbocycles. The molecule has 1 saturated carbocycles. The number of benzene rings is 1. The quantitative estimate of drug-likeness (QED) is 0.385. The number of nitrogen functional groups attached to an aromatic ring is 1. The predicted octanol–water partition coefficient (Wildman–Crippen LogP) is 4.90. The van der Waals surface area contributed by atoms with E-state index in [0.29, 0.717) is 19.6 Å². The second kappa shape index (κ2) is 11.9. The smallest absolute Gasteiger partial charge is 0.426 e. The van der Waals surface area contributed by atoms with Crippen molar-refractivity contribution in [3.8, 4) is 0 Å². The average Bonchev–Trinajstić information content (AvgIpc) is 3.61. The molecule has 10 nitrogen and oxygen atoms in total. The van der Waals surface area contributed by atoms with E-state index in [-0.39, 0.29) is 27.6 Å². The fourth-order valence-electron chi connectivity index (χ4n) is 4.21. The number of rotatable bonds is 2. The maximum Gasteiger partial charge on any atom is 0.426 e. The van der Waals surface area contributed by atoms with Crippen LogP contribution in [0.3, 0.4) is 0 Å². The number of amides is 3. The van der Waals surface area contributed by atoms with Gasteiger partial charge in [-0.2, -0.15) is 4.90 Å². The molecular weight excluding hydrogens is 546 g/mol. The minimum absolute atomic E-state index is 0.0111. The van der Waals surface area contributed by atoms with Crippen molar-refractivity contribution >= 4 is 41.2 Å². The van der Waals surface area contributed by atoms with Gasteiger partial charge >= 0.3 is 12.2 Å². The number of nitrogens with two attached hydrogens (primary N) is 1. The summed E-state index contributed by atoms with van der Waals surface area (Å²) in [5.74, 6) is -2.24. The first-order valence-electron chi connectivity index (χ1n) is 13.0. The molecule has 222 valence electrons. The van der Waals surface area contributed by atoms with Crippen molar-refractivity contribution in [2.24, 2.45) is 10.9 Å². The lowest BCUT2D eigenvalue weighted by Gasteiger charge is -2.35. The van der Waals surface area contributed by atoms with Crippen molar-refractivity contribution in [2.45, 2.75) is 76.9 Å². The van der Waals surface area contributed by atoms with E-state index in [0.717, 1.165) is 30.5 Å².